The first kappa shape index (κ1) is 14.2. The van der Waals surface area contributed by atoms with Gasteiger partial charge in [-0.15, -0.1) is 0 Å². The van der Waals surface area contributed by atoms with Gasteiger partial charge in [0.1, 0.15) is 4.92 Å². The van der Waals surface area contributed by atoms with Gasteiger partial charge in [0.25, 0.3) is 0 Å². The van der Waals surface area contributed by atoms with Crippen molar-refractivity contribution in [2.45, 2.75) is 6.92 Å². The largest absolute Gasteiger partial charge is 0.433 e. The molecule has 2 heterocycles. The fourth-order valence-electron chi connectivity index (χ4n) is 2.19. The van der Waals surface area contributed by atoms with Crippen LogP contribution in [0.1, 0.15) is 16.1 Å². The minimum absolute atomic E-state index is 0.152. The number of carbonyl (C=O) groups excluding carboxylic acids is 1. The van der Waals surface area contributed by atoms with Crippen molar-refractivity contribution in [1.29, 1.82) is 0 Å². The standard InChI is InChI=1S/C14H11N3O4S/c1-8-4-3-5-10-12(8)16(2)14(22-10)15-13(18)9-6-7-11(21-9)17(19)20/h3-7H,1-2H3. The number of hydrogen-bond acceptors (Lipinski definition) is 5. The van der Waals surface area contributed by atoms with Crippen LogP contribution in [-0.2, 0) is 7.05 Å². The first-order valence-electron chi connectivity index (χ1n) is 6.36. The zero-order valence-electron chi connectivity index (χ0n) is 11.8. The number of rotatable bonds is 2. The molecule has 0 N–H and O–H groups in total. The average Bonchev–Trinajstić information content (AvgIpc) is 3.06. The molecular formula is C14H11N3O4S. The number of fused-ring (bicyclic) bond motifs is 1. The van der Waals surface area contributed by atoms with E-state index in [1.54, 1.807) is 0 Å². The van der Waals surface area contributed by atoms with E-state index in [1.165, 1.54) is 17.4 Å². The molecule has 8 heteroatoms. The van der Waals surface area contributed by atoms with Crippen molar-refractivity contribution in [2.24, 2.45) is 12.0 Å². The second-order valence-corrected chi connectivity index (χ2v) is 5.69. The highest BCUT2D eigenvalue weighted by atomic mass is 32.1. The summed E-state index contributed by atoms with van der Waals surface area (Å²) in [5.41, 5.74) is 2.09. The number of hydrogen-bond donors (Lipinski definition) is 0. The zero-order chi connectivity index (χ0) is 15.9. The monoisotopic (exact) mass is 317 g/mol. The lowest BCUT2D eigenvalue weighted by atomic mass is 10.2. The van der Waals surface area contributed by atoms with Crippen LogP contribution in [0.15, 0.2) is 39.7 Å². The van der Waals surface area contributed by atoms with E-state index in [4.69, 9.17) is 4.42 Å². The maximum atomic E-state index is 12.1. The summed E-state index contributed by atoms with van der Waals surface area (Å²) in [6, 6.07) is 8.26. The summed E-state index contributed by atoms with van der Waals surface area (Å²) in [6.45, 7) is 1.98. The normalized spacial score (nSPS) is 12.0. The molecule has 0 spiro atoms. The summed E-state index contributed by atoms with van der Waals surface area (Å²) in [4.78, 5) is 26.5. The van der Waals surface area contributed by atoms with E-state index >= 15 is 0 Å². The number of thiazole rings is 1. The van der Waals surface area contributed by atoms with Gasteiger partial charge in [-0.2, -0.15) is 4.99 Å². The molecule has 0 bridgehead atoms. The zero-order valence-corrected chi connectivity index (χ0v) is 12.6. The molecule has 0 unspecified atom stereocenters. The third-order valence-corrected chi connectivity index (χ3v) is 4.30. The minimum Gasteiger partial charge on any atom is -0.395 e. The smallest absolute Gasteiger partial charge is 0.395 e. The number of carbonyl (C=O) groups is 1. The molecule has 2 aromatic heterocycles. The van der Waals surface area contributed by atoms with Crippen molar-refractivity contribution < 1.29 is 14.1 Å². The van der Waals surface area contributed by atoms with Crippen molar-refractivity contribution in [3.63, 3.8) is 0 Å². The number of furan rings is 1. The average molecular weight is 317 g/mol. The maximum absolute atomic E-state index is 12.1. The quantitative estimate of drug-likeness (QED) is 0.537. The first-order valence-corrected chi connectivity index (χ1v) is 7.17. The molecule has 0 saturated carbocycles. The van der Waals surface area contributed by atoms with Crippen LogP contribution in [0.2, 0.25) is 0 Å². The predicted molar refractivity (Wildman–Crippen MR) is 80.8 cm³/mol. The summed E-state index contributed by atoms with van der Waals surface area (Å²) in [5.74, 6) is -1.27. The summed E-state index contributed by atoms with van der Waals surface area (Å²) >= 11 is 1.37. The fraction of sp³-hybridized carbons (Fsp3) is 0.143. The molecule has 0 aliphatic rings. The van der Waals surface area contributed by atoms with E-state index in [-0.39, 0.29) is 5.76 Å². The lowest BCUT2D eigenvalue weighted by molar-refractivity contribution is -0.402. The van der Waals surface area contributed by atoms with Gasteiger partial charge in [0, 0.05) is 7.05 Å². The second-order valence-electron chi connectivity index (χ2n) is 4.68. The highest BCUT2D eigenvalue weighted by Gasteiger charge is 2.17. The molecule has 0 atom stereocenters. The Bertz CT molecular complexity index is 964. The minimum atomic E-state index is -0.695. The number of nitrogens with zero attached hydrogens (tertiary/aromatic N) is 3. The molecule has 0 aliphatic carbocycles. The van der Waals surface area contributed by atoms with E-state index in [1.807, 2.05) is 36.7 Å². The molecule has 0 aliphatic heterocycles. The molecule has 1 aromatic carbocycles. The van der Waals surface area contributed by atoms with Crippen LogP contribution in [0.5, 0.6) is 0 Å². The van der Waals surface area contributed by atoms with E-state index < -0.39 is 16.7 Å². The van der Waals surface area contributed by atoms with Crippen LogP contribution in [0.4, 0.5) is 5.88 Å². The van der Waals surface area contributed by atoms with Gasteiger partial charge in [-0.25, -0.2) is 0 Å². The number of aryl methyl sites for hydroxylation is 2. The number of nitro groups is 1. The maximum Gasteiger partial charge on any atom is 0.433 e. The third-order valence-electron chi connectivity index (χ3n) is 3.20. The van der Waals surface area contributed by atoms with Gasteiger partial charge in [-0.3, -0.25) is 14.9 Å². The summed E-state index contributed by atoms with van der Waals surface area (Å²) in [6.07, 6.45) is 0. The Balaban J connectivity index is 2.08. The number of aromatic nitrogens is 1. The van der Waals surface area contributed by atoms with Crippen LogP contribution in [-0.4, -0.2) is 15.4 Å². The summed E-state index contributed by atoms with van der Waals surface area (Å²) < 4.78 is 7.71. The molecule has 3 rings (SSSR count). The van der Waals surface area contributed by atoms with E-state index in [9.17, 15) is 14.9 Å². The Morgan fingerprint density at radius 3 is 2.77 bits per heavy atom. The first-order chi connectivity index (χ1) is 10.5. The van der Waals surface area contributed by atoms with Crippen LogP contribution in [0.25, 0.3) is 10.2 Å². The third kappa shape index (κ3) is 2.33. The Morgan fingerprint density at radius 2 is 2.14 bits per heavy atom. The van der Waals surface area contributed by atoms with Crippen LogP contribution in [0.3, 0.4) is 0 Å². The molecule has 112 valence electrons. The summed E-state index contributed by atoms with van der Waals surface area (Å²) in [7, 11) is 1.82. The Kier molecular flexibility index (Phi) is 3.38. The Morgan fingerprint density at radius 1 is 1.36 bits per heavy atom. The lowest BCUT2D eigenvalue weighted by Crippen LogP contribution is -2.13. The molecule has 1 amide bonds. The van der Waals surface area contributed by atoms with Crippen molar-refractivity contribution in [1.82, 2.24) is 4.57 Å². The van der Waals surface area contributed by atoms with Crippen LogP contribution in [0, 0.1) is 17.0 Å². The van der Waals surface area contributed by atoms with Gasteiger partial charge in [0.2, 0.25) is 5.76 Å². The van der Waals surface area contributed by atoms with Crippen molar-refractivity contribution >= 4 is 33.3 Å². The highest BCUT2D eigenvalue weighted by Crippen LogP contribution is 2.20. The molecular weight excluding hydrogens is 306 g/mol. The number of amides is 1. The lowest BCUT2D eigenvalue weighted by Gasteiger charge is -1.98. The van der Waals surface area contributed by atoms with Crippen molar-refractivity contribution in [3.05, 3.63) is 56.6 Å². The number of para-hydroxylation sites is 1. The van der Waals surface area contributed by atoms with Crippen molar-refractivity contribution in [2.75, 3.05) is 0 Å². The molecule has 3 aromatic rings. The highest BCUT2D eigenvalue weighted by molar-refractivity contribution is 7.16. The van der Waals surface area contributed by atoms with Crippen LogP contribution >= 0.6 is 11.3 Å². The van der Waals surface area contributed by atoms with E-state index in [0.717, 1.165) is 21.8 Å². The van der Waals surface area contributed by atoms with Crippen LogP contribution < -0.4 is 4.80 Å². The molecule has 0 fully saturated rings. The van der Waals surface area contributed by atoms with Gasteiger partial charge in [0.15, 0.2) is 4.80 Å². The topological polar surface area (TPSA) is 90.6 Å². The van der Waals surface area contributed by atoms with E-state index in [2.05, 4.69) is 4.99 Å². The van der Waals surface area contributed by atoms with Gasteiger partial charge in [-0.1, -0.05) is 23.5 Å². The van der Waals surface area contributed by atoms with Crippen molar-refractivity contribution in [3.8, 4) is 0 Å². The summed E-state index contributed by atoms with van der Waals surface area (Å²) in [5, 5.41) is 10.6. The van der Waals surface area contributed by atoms with Gasteiger partial charge < -0.3 is 8.98 Å². The fourth-order valence-corrected chi connectivity index (χ4v) is 3.28. The van der Waals surface area contributed by atoms with Gasteiger partial charge >= 0.3 is 11.8 Å². The molecule has 0 saturated heterocycles. The van der Waals surface area contributed by atoms with Gasteiger partial charge in [0.05, 0.1) is 16.3 Å². The molecule has 22 heavy (non-hydrogen) atoms. The predicted octanol–water partition coefficient (Wildman–Crippen LogP) is 2.79. The van der Waals surface area contributed by atoms with Gasteiger partial charge in [-0.05, 0) is 24.6 Å². The second kappa shape index (κ2) is 5.23. The Labute approximate surface area is 128 Å². The SMILES string of the molecule is Cc1cccc2sc(=NC(=O)c3ccc([N+](=O)[O-])o3)n(C)c12. The molecule has 7 nitrogen and oxygen atoms in total. The molecule has 0 radical (unpaired) electrons. The van der Waals surface area contributed by atoms with E-state index in [0.29, 0.717) is 4.80 Å². The number of benzene rings is 1. The Hall–Kier alpha value is -2.74.